The number of nitrogens with one attached hydrogen (secondary N) is 1. The molecule has 0 saturated heterocycles. The minimum Gasteiger partial charge on any atom is -0.397 e. The molecule has 1 rings (SSSR count). The molecule has 0 aromatic rings. The van der Waals surface area contributed by atoms with Crippen LogP contribution in [-0.2, 0) is 4.84 Å². The summed E-state index contributed by atoms with van der Waals surface area (Å²) in [7, 11) is 0. The van der Waals surface area contributed by atoms with Crippen molar-refractivity contribution in [3.8, 4) is 6.07 Å². The zero-order valence-corrected chi connectivity index (χ0v) is 4.51. The third-order valence-corrected chi connectivity index (χ3v) is 0.866. The lowest BCUT2D eigenvalue weighted by molar-refractivity contribution is 0.130. The van der Waals surface area contributed by atoms with Crippen LogP contribution >= 0.6 is 0 Å². The average molecular weight is 110 g/mol. The first-order valence-corrected chi connectivity index (χ1v) is 2.37. The van der Waals surface area contributed by atoms with E-state index >= 15 is 0 Å². The van der Waals surface area contributed by atoms with Crippen LogP contribution in [0.1, 0.15) is 6.92 Å². The van der Waals surface area contributed by atoms with Gasteiger partial charge in [-0.1, -0.05) is 0 Å². The van der Waals surface area contributed by atoms with Gasteiger partial charge in [-0.3, -0.25) is 0 Å². The second kappa shape index (κ2) is 1.85. The molecule has 3 nitrogen and oxygen atoms in total. The van der Waals surface area contributed by atoms with Crippen molar-refractivity contribution in [1.29, 1.82) is 5.26 Å². The minimum atomic E-state index is 0.171. The Kier molecular flexibility index (Phi) is 1.18. The van der Waals surface area contributed by atoms with Crippen LogP contribution in [-0.4, -0.2) is 6.04 Å². The molecule has 0 bridgehead atoms. The number of rotatable bonds is 0. The van der Waals surface area contributed by atoms with Crippen LogP contribution in [0.15, 0.2) is 11.8 Å². The molecule has 1 aliphatic heterocycles. The van der Waals surface area contributed by atoms with Gasteiger partial charge in [0.1, 0.15) is 6.07 Å². The fourth-order valence-corrected chi connectivity index (χ4v) is 0.512. The molecule has 1 aliphatic rings. The molecule has 0 radical (unpaired) electrons. The fourth-order valence-electron chi connectivity index (χ4n) is 0.512. The van der Waals surface area contributed by atoms with Crippen molar-refractivity contribution in [2.45, 2.75) is 13.0 Å². The van der Waals surface area contributed by atoms with Crippen LogP contribution in [0, 0.1) is 11.3 Å². The number of nitrogens with zero attached hydrogens (tertiary/aromatic N) is 1. The van der Waals surface area contributed by atoms with E-state index in [0.717, 1.165) is 0 Å². The molecule has 0 aromatic carbocycles. The van der Waals surface area contributed by atoms with Gasteiger partial charge in [-0.25, -0.2) is 0 Å². The topological polar surface area (TPSA) is 45.0 Å². The van der Waals surface area contributed by atoms with Gasteiger partial charge in [0.05, 0.1) is 6.04 Å². The second-order valence-electron chi connectivity index (χ2n) is 1.65. The van der Waals surface area contributed by atoms with Crippen molar-refractivity contribution in [3.05, 3.63) is 11.8 Å². The first kappa shape index (κ1) is 5.13. The lowest BCUT2D eigenvalue weighted by Gasteiger charge is -1.95. The molecule has 1 N–H and O–H groups in total. The van der Waals surface area contributed by atoms with E-state index in [1.165, 1.54) is 0 Å². The predicted octanol–water partition coefficient (Wildman–Crippen LogP) is 0.317. The summed E-state index contributed by atoms with van der Waals surface area (Å²) in [6.07, 6.45) is 1.72. The SMILES string of the molecule is CC1C=C(C#N)ON1. The van der Waals surface area contributed by atoms with Gasteiger partial charge in [0.2, 0.25) is 5.76 Å². The molecule has 1 heterocycles. The van der Waals surface area contributed by atoms with E-state index in [2.05, 4.69) is 10.3 Å². The van der Waals surface area contributed by atoms with Gasteiger partial charge in [-0.2, -0.15) is 5.26 Å². The smallest absolute Gasteiger partial charge is 0.221 e. The van der Waals surface area contributed by atoms with Gasteiger partial charge in [-0.05, 0) is 13.0 Å². The maximum absolute atomic E-state index is 8.20. The lowest BCUT2D eigenvalue weighted by Crippen LogP contribution is -2.15. The Morgan fingerprint density at radius 3 is 3.00 bits per heavy atom. The summed E-state index contributed by atoms with van der Waals surface area (Å²) in [5, 5.41) is 8.20. The Labute approximate surface area is 47.5 Å². The Morgan fingerprint density at radius 1 is 2.00 bits per heavy atom. The molecule has 0 aromatic heterocycles. The molecule has 42 valence electrons. The minimum absolute atomic E-state index is 0.171. The summed E-state index contributed by atoms with van der Waals surface area (Å²) in [6, 6.07) is 2.04. The lowest BCUT2D eigenvalue weighted by atomic mass is 10.3. The van der Waals surface area contributed by atoms with E-state index in [4.69, 9.17) is 5.26 Å². The van der Waals surface area contributed by atoms with Crippen LogP contribution in [0.4, 0.5) is 0 Å². The molecule has 0 aliphatic carbocycles. The van der Waals surface area contributed by atoms with Crippen molar-refractivity contribution in [1.82, 2.24) is 5.48 Å². The largest absolute Gasteiger partial charge is 0.397 e. The third kappa shape index (κ3) is 0.796. The first-order chi connectivity index (χ1) is 3.83. The third-order valence-electron chi connectivity index (χ3n) is 0.866. The average Bonchev–Trinajstić information content (AvgIpc) is 2.14. The number of hydroxylamine groups is 1. The van der Waals surface area contributed by atoms with Crippen LogP contribution in [0.2, 0.25) is 0 Å². The highest BCUT2D eigenvalue weighted by Gasteiger charge is 2.09. The summed E-state index contributed by atoms with van der Waals surface area (Å²) in [6.45, 7) is 1.91. The first-order valence-electron chi connectivity index (χ1n) is 2.37. The van der Waals surface area contributed by atoms with Crippen LogP contribution < -0.4 is 5.48 Å². The molecule has 0 amide bonds. The van der Waals surface area contributed by atoms with E-state index in [0.29, 0.717) is 5.76 Å². The number of nitriles is 1. The van der Waals surface area contributed by atoms with E-state index < -0.39 is 0 Å². The normalized spacial score (nSPS) is 26.0. The number of allylic oxidation sites excluding steroid dienone is 1. The summed E-state index contributed by atoms with van der Waals surface area (Å²) in [5.74, 6) is 0.359. The molecule has 8 heavy (non-hydrogen) atoms. The highest BCUT2D eigenvalue weighted by molar-refractivity contribution is 5.17. The monoisotopic (exact) mass is 110 g/mol. The van der Waals surface area contributed by atoms with Gasteiger partial charge in [0, 0.05) is 0 Å². The second-order valence-corrected chi connectivity index (χ2v) is 1.65. The van der Waals surface area contributed by atoms with Gasteiger partial charge in [-0.15, -0.1) is 5.48 Å². The van der Waals surface area contributed by atoms with Gasteiger partial charge < -0.3 is 4.84 Å². The van der Waals surface area contributed by atoms with Gasteiger partial charge in [0.25, 0.3) is 0 Å². The summed E-state index contributed by atoms with van der Waals surface area (Å²) in [5.41, 5.74) is 2.61. The standard InChI is InChI=1S/C5H6N2O/c1-4-2-5(3-6)8-7-4/h2,4,7H,1H3. The molecule has 1 unspecified atom stereocenters. The Bertz CT molecular complexity index is 156. The number of hydrogen-bond acceptors (Lipinski definition) is 3. The van der Waals surface area contributed by atoms with Gasteiger partial charge in [0.15, 0.2) is 0 Å². The molecule has 0 spiro atoms. The Morgan fingerprint density at radius 2 is 2.75 bits per heavy atom. The number of hydrogen-bond donors (Lipinski definition) is 1. The van der Waals surface area contributed by atoms with Crippen molar-refractivity contribution in [2.24, 2.45) is 0 Å². The summed E-state index contributed by atoms with van der Waals surface area (Å²) in [4.78, 5) is 4.66. The molecular weight excluding hydrogens is 104 g/mol. The molecule has 1 atom stereocenters. The zero-order valence-electron chi connectivity index (χ0n) is 4.51. The highest BCUT2D eigenvalue weighted by Crippen LogP contribution is 2.03. The van der Waals surface area contributed by atoms with Crippen molar-refractivity contribution < 1.29 is 4.84 Å². The van der Waals surface area contributed by atoms with Crippen molar-refractivity contribution in [2.75, 3.05) is 0 Å². The van der Waals surface area contributed by atoms with E-state index in [1.807, 2.05) is 13.0 Å². The van der Waals surface area contributed by atoms with Crippen LogP contribution in [0.25, 0.3) is 0 Å². The van der Waals surface area contributed by atoms with Crippen LogP contribution in [0.3, 0.4) is 0 Å². The van der Waals surface area contributed by atoms with Gasteiger partial charge >= 0.3 is 0 Å². The zero-order chi connectivity index (χ0) is 5.98. The van der Waals surface area contributed by atoms with Crippen molar-refractivity contribution >= 4 is 0 Å². The Hall–Kier alpha value is -1.01. The maximum Gasteiger partial charge on any atom is 0.221 e. The molecule has 0 fully saturated rings. The van der Waals surface area contributed by atoms with E-state index in [-0.39, 0.29) is 6.04 Å². The summed E-state index contributed by atoms with van der Waals surface area (Å²) >= 11 is 0. The maximum atomic E-state index is 8.20. The molecule has 0 saturated carbocycles. The van der Waals surface area contributed by atoms with Crippen molar-refractivity contribution in [3.63, 3.8) is 0 Å². The van der Waals surface area contributed by atoms with Crippen LogP contribution in [0.5, 0.6) is 0 Å². The summed E-state index contributed by atoms with van der Waals surface area (Å²) < 4.78 is 0. The highest BCUT2D eigenvalue weighted by atomic mass is 16.7. The predicted molar refractivity (Wildman–Crippen MR) is 27.4 cm³/mol. The fraction of sp³-hybridized carbons (Fsp3) is 0.400. The van der Waals surface area contributed by atoms with E-state index in [9.17, 15) is 0 Å². The van der Waals surface area contributed by atoms with E-state index in [1.54, 1.807) is 6.08 Å². The molecular formula is C5H6N2O. The molecule has 3 heteroatoms. The quantitative estimate of drug-likeness (QED) is 0.488. The Balaban J connectivity index is 2.61.